The predicted octanol–water partition coefficient (Wildman–Crippen LogP) is 6.28. The minimum Gasteiger partial charge on any atom is -0.301 e. The van der Waals surface area contributed by atoms with Gasteiger partial charge in [-0.25, -0.2) is 0 Å². The fourth-order valence-corrected chi connectivity index (χ4v) is 4.30. The van der Waals surface area contributed by atoms with Gasteiger partial charge in [-0.05, 0) is 119 Å². The molecule has 0 N–H and O–H groups in total. The Morgan fingerprint density at radius 1 is 0.357 bits per heavy atom. The Labute approximate surface area is 179 Å². The van der Waals surface area contributed by atoms with Crippen molar-refractivity contribution >= 4 is 0 Å². The van der Waals surface area contributed by atoms with Crippen LogP contribution in [0.4, 0.5) is 0 Å². The second-order valence-electron chi connectivity index (χ2n) is 9.57. The number of likely N-dealkylation sites (tertiary alicyclic amines) is 3. The first-order chi connectivity index (χ1) is 12.9. The van der Waals surface area contributed by atoms with E-state index in [0.29, 0.717) is 0 Å². The van der Waals surface area contributed by atoms with Crippen LogP contribution >= 0.6 is 0 Å². The molecule has 0 aromatic carbocycles. The van der Waals surface area contributed by atoms with Gasteiger partial charge in [0.05, 0.1) is 0 Å². The summed E-state index contributed by atoms with van der Waals surface area (Å²) < 4.78 is 0. The Kier molecular flexibility index (Phi) is 16.6. The van der Waals surface area contributed by atoms with Gasteiger partial charge in [0.2, 0.25) is 0 Å². The Balaban J connectivity index is 0.000000386. The molecule has 3 saturated heterocycles. The normalized spacial score (nSPS) is 22.2. The van der Waals surface area contributed by atoms with Gasteiger partial charge in [-0.2, -0.15) is 0 Å². The van der Waals surface area contributed by atoms with Crippen molar-refractivity contribution in [2.75, 3.05) is 39.3 Å². The maximum absolute atomic E-state index is 2.59. The molecule has 0 amide bonds. The van der Waals surface area contributed by atoms with Crippen LogP contribution in [0.5, 0.6) is 0 Å². The van der Waals surface area contributed by atoms with E-state index in [2.05, 4.69) is 56.2 Å². The summed E-state index contributed by atoms with van der Waals surface area (Å²) in [5.41, 5.74) is 0. The van der Waals surface area contributed by atoms with Crippen LogP contribution in [0.3, 0.4) is 0 Å². The third-order valence-corrected chi connectivity index (χ3v) is 6.36. The minimum absolute atomic E-state index is 0. The maximum atomic E-state index is 2.59. The first-order valence-corrected chi connectivity index (χ1v) is 12.1. The van der Waals surface area contributed by atoms with Gasteiger partial charge in [0.25, 0.3) is 0 Å². The van der Waals surface area contributed by atoms with Gasteiger partial charge in [-0.15, -0.1) is 0 Å². The number of nitrogens with zero attached hydrogens (tertiary/aromatic N) is 3. The topological polar surface area (TPSA) is 9.72 Å². The molecule has 0 atom stereocenters. The molecule has 3 aliphatic heterocycles. The fraction of sp³-hybridized carbons (Fsp3) is 1.00. The van der Waals surface area contributed by atoms with Crippen LogP contribution in [0, 0.1) is 0 Å². The molecular formula is C25H55N3. The number of hydrogen-bond acceptors (Lipinski definition) is 3. The molecule has 3 heteroatoms. The quantitative estimate of drug-likeness (QED) is 0.555. The molecule has 0 radical (unpaired) electrons. The zero-order valence-corrected chi connectivity index (χ0v) is 19.7. The highest BCUT2D eigenvalue weighted by Crippen LogP contribution is 2.12. The number of hydrogen-bond donors (Lipinski definition) is 0. The third-order valence-electron chi connectivity index (χ3n) is 6.36. The van der Waals surface area contributed by atoms with Crippen LogP contribution in [0.15, 0.2) is 0 Å². The minimum atomic E-state index is 0. The molecule has 0 spiro atoms. The molecule has 3 rings (SSSR count). The number of rotatable bonds is 3. The van der Waals surface area contributed by atoms with Crippen molar-refractivity contribution < 1.29 is 0 Å². The molecule has 0 unspecified atom stereocenters. The van der Waals surface area contributed by atoms with Gasteiger partial charge >= 0.3 is 0 Å². The van der Waals surface area contributed by atoms with Crippen LogP contribution in [0.25, 0.3) is 0 Å². The van der Waals surface area contributed by atoms with Gasteiger partial charge < -0.3 is 14.7 Å². The molecule has 3 nitrogen and oxygen atoms in total. The van der Waals surface area contributed by atoms with E-state index in [-0.39, 0.29) is 7.43 Å². The molecule has 3 aliphatic rings. The zero-order chi connectivity index (χ0) is 20.1. The molecule has 0 bridgehead atoms. The second-order valence-corrected chi connectivity index (χ2v) is 9.57. The zero-order valence-electron chi connectivity index (χ0n) is 19.7. The van der Waals surface area contributed by atoms with E-state index in [9.17, 15) is 0 Å². The highest BCUT2D eigenvalue weighted by molar-refractivity contribution is 4.69. The Bertz CT molecular complexity index is 321. The van der Waals surface area contributed by atoms with E-state index < -0.39 is 0 Å². The summed E-state index contributed by atoms with van der Waals surface area (Å²) in [4.78, 5) is 7.68. The van der Waals surface area contributed by atoms with Crippen LogP contribution in [-0.4, -0.2) is 72.1 Å². The van der Waals surface area contributed by atoms with Crippen LogP contribution < -0.4 is 0 Å². The molecule has 170 valence electrons. The lowest BCUT2D eigenvalue weighted by atomic mass is 10.1. The molecule has 28 heavy (non-hydrogen) atoms. The largest absolute Gasteiger partial charge is 0.301 e. The smallest absolute Gasteiger partial charge is 0.00385 e. The van der Waals surface area contributed by atoms with Crippen LogP contribution in [0.2, 0.25) is 0 Å². The summed E-state index contributed by atoms with van der Waals surface area (Å²) in [5, 5.41) is 0. The van der Waals surface area contributed by atoms with Gasteiger partial charge in [-0.3, -0.25) is 0 Å². The van der Waals surface area contributed by atoms with Crippen LogP contribution in [0.1, 0.15) is 107 Å². The first kappa shape index (κ1) is 27.9. The van der Waals surface area contributed by atoms with Crippen molar-refractivity contribution in [3.63, 3.8) is 0 Å². The monoisotopic (exact) mass is 397 g/mol. The molecular weight excluding hydrogens is 342 g/mol. The van der Waals surface area contributed by atoms with Crippen molar-refractivity contribution in [2.24, 2.45) is 0 Å². The predicted molar refractivity (Wildman–Crippen MR) is 128 cm³/mol. The molecule has 0 aromatic rings. The third kappa shape index (κ3) is 12.4. The summed E-state index contributed by atoms with van der Waals surface area (Å²) in [6.45, 7) is 21.7. The number of piperidine rings is 1. The molecule has 0 saturated carbocycles. The van der Waals surface area contributed by atoms with E-state index in [1.54, 1.807) is 0 Å². The van der Waals surface area contributed by atoms with Crippen molar-refractivity contribution in [1.82, 2.24) is 14.7 Å². The standard InChI is InChI=1S/C9H19N.C8H17N.C7H15N.CH4/c1-9(2)10-7-5-3-4-6-8-10;1-8(2)9-6-4-3-5-7-9;1-7(2)8-5-3-4-6-8;/h9H,3-8H2,1-2H3;8H,3-7H2,1-2H3;7H,3-6H2,1-2H3;1H4. The van der Waals surface area contributed by atoms with E-state index in [4.69, 9.17) is 0 Å². The lowest BCUT2D eigenvalue weighted by molar-refractivity contribution is 0.185. The van der Waals surface area contributed by atoms with Crippen molar-refractivity contribution in [3.8, 4) is 0 Å². The average Bonchev–Trinajstić information content (AvgIpc) is 3.06. The van der Waals surface area contributed by atoms with Crippen molar-refractivity contribution in [2.45, 2.75) is 125 Å². The summed E-state index contributed by atoms with van der Waals surface area (Å²) in [5.74, 6) is 0. The van der Waals surface area contributed by atoms with E-state index in [1.807, 2.05) is 0 Å². The van der Waals surface area contributed by atoms with Crippen molar-refractivity contribution in [3.05, 3.63) is 0 Å². The lowest BCUT2D eigenvalue weighted by Crippen LogP contribution is -2.35. The summed E-state index contributed by atoms with van der Waals surface area (Å²) in [6, 6.07) is 2.31. The fourth-order valence-electron chi connectivity index (χ4n) is 4.30. The SMILES string of the molecule is C.CC(C)N1CCCC1.CC(C)N1CCCCC1.CC(C)N1CCCCCC1. The van der Waals surface area contributed by atoms with Crippen molar-refractivity contribution in [1.29, 1.82) is 0 Å². The summed E-state index contributed by atoms with van der Waals surface area (Å²) in [7, 11) is 0. The van der Waals surface area contributed by atoms with Crippen LogP contribution in [-0.2, 0) is 0 Å². The highest BCUT2D eigenvalue weighted by atomic mass is 15.2. The first-order valence-electron chi connectivity index (χ1n) is 12.1. The molecule has 0 aromatic heterocycles. The molecule has 3 fully saturated rings. The Morgan fingerprint density at radius 2 is 0.536 bits per heavy atom. The van der Waals surface area contributed by atoms with E-state index in [0.717, 1.165) is 18.1 Å². The summed E-state index contributed by atoms with van der Waals surface area (Å²) >= 11 is 0. The van der Waals surface area contributed by atoms with E-state index >= 15 is 0 Å². The average molecular weight is 398 g/mol. The highest BCUT2D eigenvalue weighted by Gasteiger charge is 2.13. The molecule has 0 aliphatic carbocycles. The van der Waals surface area contributed by atoms with Gasteiger partial charge in [0.1, 0.15) is 0 Å². The maximum Gasteiger partial charge on any atom is 0.00385 e. The van der Waals surface area contributed by atoms with Gasteiger partial charge in [-0.1, -0.05) is 26.7 Å². The van der Waals surface area contributed by atoms with Gasteiger partial charge in [0.15, 0.2) is 0 Å². The van der Waals surface area contributed by atoms with E-state index in [1.165, 1.54) is 97.1 Å². The Morgan fingerprint density at radius 3 is 0.750 bits per heavy atom. The summed E-state index contributed by atoms with van der Waals surface area (Å²) in [6.07, 6.45) is 12.8. The Hall–Kier alpha value is -0.120. The van der Waals surface area contributed by atoms with Gasteiger partial charge in [0, 0.05) is 18.1 Å². The molecule has 3 heterocycles. The lowest BCUT2D eigenvalue weighted by Gasteiger charge is -2.29. The second kappa shape index (κ2) is 16.7.